The molecule has 0 unspecified atom stereocenters. The number of furan rings is 1. The first-order valence-corrected chi connectivity index (χ1v) is 5.92. The van der Waals surface area contributed by atoms with Crippen molar-refractivity contribution in [3.63, 3.8) is 0 Å². The highest BCUT2D eigenvalue weighted by atomic mass is 79.9. The van der Waals surface area contributed by atoms with E-state index in [1.807, 2.05) is 0 Å². The molecule has 3 nitrogen and oxygen atoms in total. The molecule has 0 N–H and O–H groups in total. The first kappa shape index (κ1) is 12.2. The van der Waals surface area contributed by atoms with Gasteiger partial charge in [-0.15, -0.1) is 0 Å². The van der Waals surface area contributed by atoms with Gasteiger partial charge < -0.3 is 9.15 Å². The standard InChI is InChI=1S/C12H8BrClO3/c1-16-7-2-3-8(9(13)6-7)12(15)10-4-5-11(14)17-10/h2-6H,1H3. The van der Waals surface area contributed by atoms with Gasteiger partial charge in [-0.05, 0) is 57.9 Å². The molecule has 0 fully saturated rings. The normalized spacial score (nSPS) is 10.3. The van der Waals surface area contributed by atoms with Crippen LogP contribution in [-0.2, 0) is 0 Å². The van der Waals surface area contributed by atoms with E-state index in [1.165, 1.54) is 6.07 Å². The lowest BCUT2D eigenvalue weighted by molar-refractivity contribution is 0.101. The van der Waals surface area contributed by atoms with E-state index in [-0.39, 0.29) is 16.8 Å². The number of carbonyl (C=O) groups is 1. The van der Waals surface area contributed by atoms with Crippen LogP contribution >= 0.6 is 27.5 Å². The summed E-state index contributed by atoms with van der Waals surface area (Å²) in [4.78, 5) is 12.1. The maximum absolute atomic E-state index is 12.1. The number of carbonyl (C=O) groups excluding carboxylic acids is 1. The summed E-state index contributed by atoms with van der Waals surface area (Å²) in [6.45, 7) is 0. The summed E-state index contributed by atoms with van der Waals surface area (Å²) < 4.78 is 10.8. The smallest absolute Gasteiger partial charge is 0.229 e. The second-order valence-corrected chi connectivity index (χ2v) is 4.51. The first-order valence-electron chi connectivity index (χ1n) is 4.75. The molecule has 5 heteroatoms. The highest BCUT2D eigenvalue weighted by molar-refractivity contribution is 9.10. The molecule has 0 spiro atoms. The second kappa shape index (κ2) is 4.94. The van der Waals surface area contributed by atoms with E-state index in [0.717, 1.165) is 0 Å². The van der Waals surface area contributed by atoms with Gasteiger partial charge in [-0.3, -0.25) is 4.79 Å². The van der Waals surface area contributed by atoms with Gasteiger partial charge in [0.2, 0.25) is 5.78 Å². The van der Waals surface area contributed by atoms with Crippen LogP contribution in [-0.4, -0.2) is 12.9 Å². The summed E-state index contributed by atoms with van der Waals surface area (Å²) >= 11 is 8.95. The second-order valence-electron chi connectivity index (χ2n) is 3.28. The summed E-state index contributed by atoms with van der Waals surface area (Å²) in [5.74, 6) is 0.651. The van der Waals surface area contributed by atoms with Gasteiger partial charge in [-0.25, -0.2) is 0 Å². The lowest BCUT2D eigenvalue weighted by Crippen LogP contribution is -2.00. The molecule has 1 heterocycles. The van der Waals surface area contributed by atoms with Crippen LogP contribution in [0.1, 0.15) is 16.1 Å². The molecule has 0 amide bonds. The SMILES string of the molecule is COc1ccc(C(=O)c2ccc(Cl)o2)c(Br)c1. The van der Waals surface area contributed by atoms with E-state index >= 15 is 0 Å². The van der Waals surface area contributed by atoms with Gasteiger partial charge >= 0.3 is 0 Å². The van der Waals surface area contributed by atoms with E-state index in [0.29, 0.717) is 15.8 Å². The van der Waals surface area contributed by atoms with Crippen molar-refractivity contribution in [2.45, 2.75) is 0 Å². The largest absolute Gasteiger partial charge is 0.497 e. The Morgan fingerprint density at radius 2 is 2.12 bits per heavy atom. The molecule has 1 aromatic carbocycles. The van der Waals surface area contributed by atoms with E-state index in [2.05, 4.69) is 15.9 Å². The third kappa shape index (κ3) is 2.53. The molecule has 0 aliphatic rings. The number of benzene rings is 1. The van der Waals surface area contributed by atoms with Crippen LogP contribution < -0.4 is 4.74 Å². The van der Waals surface area contributed by atoms with E-state index < -0.39 is 0 Å². The average Bonchev–Trinajstić information content (AvgIpc) is 2.75. The lowest BCUT2D eigenvalue weighted by atomic mass is 10.1. The fraction of sp³-hybridized carbons (Fsp3) is 0.0833. The van der Waals surface area contributed by atoms with E-state index in [1.54, 1.807) is 31.4 Å². The molecular weight excluding hydrogens is 307 g/mol. The number of hydrogen-bond donors (Lipinski definition) is 0. The minimum atomic E-state index is -0.230. The van der Waals surface area contributed by atoms with E-state index in [4.69, 9.17) is 20.8 Å². The third-order valence-electron chi connectivity index (χ3n) is 2.22. The van der Waals surface area contributed by atoms with Crippen molar-refractivity contribution < 1.29 is 13.9 Å². The van der Waals surface area contributed by atoms with Gasteiger partial charge in [-0.1, -0.05) is 0 Å². The zero-order valence-corrected chi connectivity index (χ0v) is 11.2. The van der Waals surface area contributed by atoms with Gasteiger partial charge in [0.15, 0.2) is 11.0 Å². The number of hydrogen-bond acceptors (Lipinski definition) is 3. The maximum Gasteiger partial charge on any atom is 0.229 e. The minimum Gasteiger partial charge on any atom is -0.497 e. The highest BCUT2D eigenvalue weighted by Gasteiger charge is 2.16. The summed E-state index contributed by atoms with van der Waals surface area (Å²) in [6, 6.07) is 8.18. The Kier molecular flexibility index (Phi) is 3.54. The Morgan fingerprint density at radius 1 is 1.35 bits per heavy atom. The number of ketones is 1. The first-order chi connectivity index (χ1) is 8.11. The Labute approximate surface area is 111 Å². The molecule has 0 saturated heterocycles. The molecule has 0 bridgehead atoms. The van der Waals surface area contributed by atoms with Crippen LogP contribution in [0.2, 0.25) is 5.22 Å². The summed E-state index contributed by atoms with van der Waals surface area (Å²) in [7, 11) is 1.57. The Balaban J connectivity index is 2.37. The summed E-state index contributed by atoms with van der Waals surface area (Å²) in [5, 5.41) is 0.193. The monoisotopic (exact) mass is 314 g/mol. The fourth-order valence-electron chi connectivity index (χ4n) is 1.38. The zero-order valence-electron chi connectivity index (χ0n) is 8.87. The molecule has 0 radical (unpaired) electrons. The molecule has 0 aliphatic heterocycles. The highest BCUT2D eigenvalue weighted by Crippen LogP contribution is 2.26. The molecule has 0 atom stereocenters. The van der Waals surface area contributed by atoms with Gasteiger partial charge in [0.25, 0.3) is 0 Å². The molecule has 2 aromatic rings. The number of methoxy groups -OCH3 is 1. The van der Waals surface area contributed by atoms with Crippen molar-refractivity contribution in [2.75, 3.05) is 7.11 Å². The van der Waals surface area contributed by atoms with Crippen molar-refractivity contribution >= 4 is 33.3 Å². The molecule has 2 rings (SSSR count). The molecule has 88 valence electrons. The van der Waals surface area contributed by atoms with Gasteiger partial charge in [0.1, 0.15) is 5.75 Å². The summed E-state index contributed by atoms with van der Waals surface area (Å²) in [6.07, 6.45) is 0. The predicted octanol–water partition coefficient (Wildman–Crippen LogP) is 3.94. The van der Waals surface area contributed by atoms with Crippen molar-refractivity contribution in [1.82, 2.24) is 0 Å². The van der Waals surface area contributed by atoms with Crippen LogP contribution in [0.3, 0.4) is 0 Å². The van der Waals surface area contributed by atoms with Crippen LogP contribution in [0.15, 0.2) is 39.2 Å². The Hall–Kier alpha value is -1.26. The van der Waals surface area contributed by atoms with Crippen molar-refractivity contribution in [1.29, 1.82) is 0 Å². The molecule has 0 aliphatic carbocycles. The number of rotatable bonds is 3. The topological polar surface area (TPSA) is 39.4 Å². The number of halogens is 2. The van der Waals surface area contributed by atoms with Gasteiger partial charge in [-0.2, -0.15) is 0 Å². The van der Waals surface area contributed by atoms with Crippen molar-refractivity contribution in [3.05, 3.63) is 51.3 Å². The van der Waals surface area contributed by atoms with Crippen LogP contribution in [0.5, 0.6) is 5.75 Å². The van der Waals surface area contributed by atoms with Crippen molar-refractivity contribution in [2.24, 2.45) is 0 Å². The van der Waals surface area contributed by atoms with Gasteiger partial charge in [0.05, 0.1) is 7.11 Å². The molecular formula is C12H8BrClO3. The molecule has 1 aromatic heterocycles. The van der Waals surface area contributed by atoms with Crippen LogP contribution in [0.4, 0.5) is 0 Å². The van der Waals surface area contributed by atoms with Gasteiger partial charge in [0, 0.05) is 10.0 Å². The Morgan fingerprint density at radius 3 is 2.65 bits per heavy atom. The van der Waals surface area contributed by atoms with Crippen LogP contribution in [0.25, 0.3) is 0 Å². The maximum atomic E-state index is 12.1. The zero-order chi connectivity index (χ0) is 12.4. The minimum absolute atomic E-state index is 0.193. The lowest BCUT2D eigenvalue weighted by Gasteiger charge is -2.04. The predicted molar refractivity (Wildman–Crippen MR) is 67.8 cm³/mol. The van der Waals surface area contributed by atoms with E-state index in [9.17, 15) is 4.79 Å². The van der Waals surface area contributed by atoms with Crippen molar-refractivity contribution in [3.8, 4) is 5.75 Å². The molecule has 0 saturated carbocycles. The average molecular weight is 316 g/mol. The molecule has 17 heavy (non-hydrogen) atoms. The number of ether oxygens (including phenoxy) is 1. The van der Waals surface area contributed by atoms with Crippen LogP contribution in [0, 0.1) is 0 Å². The third-order valence-corrected chi connectivity index (χ3v) is 3.08. The Bertz CT molecular complexity index is 563. The quantitative estimate of drug-likeness (QED) is 0.806. The fourth-order valence-corrected chi connectivity index (χ4v) is 2.06. The summed E-state index contributed by atoms with van der Waals surface area (Å²) in [5.41, 5.74) is 0.497.